The van der Waals surface area contributed by atoms with Crippen LogP contribution in [0.4, 0.5) is 5.82 Å². The van der Waals surface area contributed by atoms with Gasteiger partial charge in [0.05, 0.1) is 5.56 Å². The van der Waals surface area contributed by atoms with Crippen molar-refractivity contribution in [2.75, 3.05) is 5.32 Å². The second-order valence-corrected chi connectivity index (χ2v) is 5.08. The zero-order valence-electron chi connectivity index (χ0n) is 12.2. The quantitative estimate of drug-likeness (QED) is 0.841. The summed E-state index contributed by atoms with van der Waals surface area (Å²) in [4.78, 5) is 16.9. The van der Waals surface area contributed by atoms with Gasteiger partial charge >= 0.3 is 0 Å². The van der Waals surface area contributed by atoms with Gasteiger partial charge in [-0.25, -0.2) is 4.98 Å². The third-order valence-corrected chi connectivity index (χ3v) is 3.08. The molecule has 0 spiro atoms. The number of anilines is 1. The number of benzene rings is 1. The second kappa shape index (κ2) is 6.33. The Kier molecular flexibility index (Phi) is 4.51. The monoisotopic (exact) mass is 268 g/mol. The average molecular weight is 268 g/mol. The van der Waals surface area contributed by atoms with E-state index in [0.717, 1.165) is 12.0 Å². The third-order valence-electron chi connectivity index (χ3n) is 3.08. The number of pyridine rings is 1. The molecule has 1 N–H and O–H groups in total. The fourth-order valence-electron chi connectivity index (χ4n) is 2.06. The average Bonchev–Trinajstić information content (AvgIpc) is 2.46. The minimum Gasteiger partial charge on any atom is -0.367 e. The van der Waals surface area contributed by atoms with Crippen LogP contribution in [0.2, 0.25) is 0 Å². The minimum absolute atomic E-state index is 0.0107. The normalized spacial score (nSPS) is 10.6. The lowest BCUT2D eigenvalue weighted by atomic mass is 10.0. The third kappa shape index (κ3) is 3.23. The van der Waals surface area contributed by atoms with Crippen LogP contribution in [-0.4, -0.2) is 16.8 Å². The van der Waals surface area contributed by atoms with Gasteiger partial charge in [0.2, 0.25) is 0 Å². The number of aryl methyl sites for hydroxylation is 1. The first kappa shape index (κ1) is 14.3. The Morgan fingerprint density at radius 2 is 2.05 bits per heavy atom. The SMILES string of the molecule is CCc1cccc(C(=O)c2cccnc2NC(C)C)c1. The number of nitrogens with one attached hydrogen (secondary N) is 1. The van der Waals surface area contributed by atoms with E-state index in [1.54, 1.807) is 12.3 Å². The molecule has 1 heterocycles. The molecule has 2 aromatic rings. The highest BCUT2D eigenvalue weighted by Crippen LogP contribution is 2.18. The van der Waals surface area contributed by atoms with E-state index in [0.29, 0.717) is 16.9 Å². The molecule has 3 heteroatoms. The van der Waals surface area contributed by atoms with E-state index in [1.807, 2.05) is 44.2 Å². The number of aromatic nitrogens is 1. The number of ketones is 1. The summed E-state index contributed by atoms with van der Waals surface area (Å²) in [5.74, 6) is 0.658. The number of hydrogen-bond donors (Lipinski definition) is 1. The molecule has 0 aliphatic carbocycles. The predicted molar refractivity (Wildman–Crippen MR) is 82.2 cm³/mol. The number of hydrogen-bond acceptors (Lipinski definition) is 3. The second-order valence-electron chi connectivity index (χ2n) is 5.08. The van der Waals surface area contributed by atoms with Gasteiger partial charge in [-0.15, -0.1) is 0 Å². The van der Waals surface area contributed by atoms with Gasteiger partial charge in [-0.05, 0) is 44.0 Å². The van der Waals surface area contributed by atoms with Crippen molar-refractivity contribution < 1.29 is 4.79 Å². The smallest absolute Gasteiger partial charge is 0.196 e. The van der Waals surface area contributed by atoms with E-state index in [4.69, 9.17) is 0 Å². The summed E-state index contributed by atoms with van der Waals surface area (Å²) in [6.45, 7) is 6.14. The van der Waals surface area contributed by atoms with Crippen LogP contribution < -0.4 is 5.32 Å². The van der Waals surface area contributed by atoms with Crippen LogP contribution in [-0.2, 0) is 6.42 Å². The summed E-state index contributed by atoms with van der Waals surface area (Å²) in [7, 11) is 0. The zero-order valence-corrected chi connectivity index (χ0v) is 12.2. The molecule has 0 saturated heterocycles. The summed E-state index contributed by atoms with van der Waals surface area (Å²) < 4.78 is 0. The van der Waals surface area contributed by atoms with Gasteiger partial charge < -0.3 is 5.32 Å². The Bertz CT molecular complexity index is 605. The van der Waals surface area contributed by atoms with Crippen molar-refractivity contribution in [1.82, 2.24) is 4.98 Å². The van der Waals surface area contributed by atoms with E-state index in [2.05, 4.69) is 17.2 Å². The molecule has 20 heavy (non-hydrogen) atoms. The van der Waals surface area contributed by atoms with Gasteiger partial charge in [-0.2, -0.15) is 0 Å². The van der Waals surface area contributed by atoms with E-state index >= 15 is 0 Å². The first-order valence-electron chi connectivity index (χ1n) is 6.97. The highest BCUT2D eigenvalue weighted by atomic mass is 16.1. The van der Waals surface area contributed by atoms with Crippen molar-refractivity contribution in [2.24, 2.45) is 0 Å². The Labute approximate surface area is 120 Å². The minimum atomic E-state index is 0.0107. The summed E-state index contributed by atoms with van der Waals surface area (Å²) in [5.41, 5.74) is 2.50. The molecule has 0 radical (unpaired) electrons. The molecule has 0 aliphatic heterocycles. The van der Waals surface area contributed by atoms with Gasteiger partial charge in [0.15, 0.2) is 5.78 Å². The lowest BCUT2D eigenvalue weighted by molar-refractivity contribution is 0.103. The summed E-state index contributed by atoms with van der Waals surface area (Å²) in [6.07, 6.45) is 2.62. The summed E-state index contributed by atoms with van der Waals surface area (Å²) >= 11 is 0. The van der Waals surface area contributed by atoms with Crippen LogP contribution in [0, 0.1) is 0 Å². The van der Waals surface area contributed by atoms with E-state index in [-0.39, 0.29) is 11.8 Å². The van der Waals surface area contributed by atoms with Crippen molar-refractivity contribution in [3.8, 4) is 0 Å². The molecular formula is C17H20N2O. The van der Waals surface area contributed by atoms with Crippen LogP contribution in [0.5, 0.6) is 0 Å². The van der Waals surface area contributed by atoms with Crippen LogP contribution in [0.25, 0.3) is 0 Å². The van der Waals surface area contributed by atoms with Crippen LogP contribution in [0.15, 0.2) is 42.6 Å². The van der Waals surface area contributed by atoms with Gasteiger partial charge in [-0.3, -0.25) is 4.79 Å². The molecule has 3 nitrogen and oxygen atoms in total. The lowest BCUT2D eigenvalue weighted by Crippen LogP contribution is -2.15. The fraction of sp³-hybridized carbons (Fsp3) is 0.294. The maximum absolute atomic E-state index is 12.6. The van der Waals surface area contributed by atoms with Crippen LogP contribution in [0.3, 0.4) is 0 Å². The van der Waals surface area contributed by atoms with Crippen molar-refractivity contribution in [2.45, 2.75) is 33.2 Å². The molecule has 0 amide bonds. The first-order chi connectivity index (χ1) is 9.61. The highest BCUT2D eigenvalue weighted by Gasteiger charge is 2.15. The summed E-state index contributed by atoms with van der Waals surface area (Å²) in [5, 5.41) is 3.22. The van der Waals surface area contributed by atoms with E-state index in [1.165, 1.54) is 0 Å². The molecule has 0 aliphatic rings. The van der Waals surface area contributed by atoms with E-state index < -0.39 is 0 Å². The van der Waals surface area contributed by atoms with Crippen molar-refractivity contribution >= 4 is 11.6 Å². The van der Waals surface area contributed by atoms with Gasteiger partial charge in [0.25, 0.3) is 0 Å². The number of rotatable bonds is 5. The molecule has 2 rings (SSSR count). The standard InChI is InChI=1S/C17H20N2O/c1-4-13-7-5-8-14(11-13)16(20)15-9-6-10-18-17(15)19-12(2)3/h5-12H,4H2,1-3H3,(H,18,19). The number of nitrogens with zero attached hydrogens (tertiary/aromatic N) is 1. The van der Waals surface area contributed by atoms with Crippen molar-refractivity contribution in [3.05, 3.63) is 59.3 Å². The highest BCUT2D eigenvalue weighted by molar-refractivity contribution is 6.11. The molecule has 0 fully saturated rings. The van der Waals surface area contributed by atoms with Gasteiger partial charge in [0, 0.05) is 17.8 Å². The molecular weight excluding hydrogens is 248 g/mol. The zero-order chi connectivity index (χ0) is 14.5. The largest absolute Gasteiger partial charge is 0.367 e. The molecule has 0 bridgehead atoms. The Balaban J connectivity index is 2.37. The maximum atomic E-state index is 12.6. The Hall–Kier alpha value is -2.16. The molecule has 1 aromatic carbocycles. The van der Waals surface area contributed by atoms with Crippen molar-refractivity contribution in [1.29, 1.82) is 0 Å². The molecule has 0 atom stereocenters. The van der Waals surface area contributed by atoms with E-state index in [9.17, 15) is 4.79 Å². The molecule has 104 valence electrons. The van der Waals surface area contributed by atoms with Gasteiger partial charge in [0.1, 0.15) is 5.82 Å². The maximum Gasteiger partial charge on any atom is 0.196 e. The fourth-order valence-corrected chi connectivity index (χ4v) is 2.06. The van der Waals surface area contributed by atoms with Gasteiger partial charge in [-0.1, -0.05) is 25.1 Å². The number of carbonyl (C=O) groups excluding carboxylic acids is 1. The summed E-state index contributed by atoms with van der Waals surface area (Å²) in [6, 6.07) is 11.6. The van der Waals surface area contributed by atoms with Crippen LogP contribution >= 0.6 is 0 Å². The Morgan fingerprint density at radius 1 is 1.25 bits per heavy atom. The predicted octanol–water partition coefficient (Wildman–Crippen LogP) is 3.70. The van der Waals surface area contributed by atoms with Crippen molar-refractivity contribution in [3.63, 3.8) is 0 Å². The Morgan fingerprint density at radius 3 is 2.75 bits per heavy atom. The molecule has 0 saturated carbocycles. The van der Waals surface area contributed by atoms with Crippen LogP contribution in [0.1, 0.15) is 42.3 Å². The topological polar surface area (TPSA) is 42.0 Å². The first-order valence-corrected chi connectivity index (χ1v) is 6.97. The molecule has 1 aromatic heterocycles. The number of carbonyl (C=O) groups is 1. The lowest BCUT2D eigenvalue weighted by Gasteiger charge is -2.13. The molecule has 0 unspecified atom stereocenters.